The summed E-state index contributed by atoms with van der Waals surface area (Å²) in [6.45, 7) is 4.14. The average molecular weight is 488 g/mol. The summed E-state index contributed by atoms with van der Waals surface area (Å²) in [4.78, 5) is 24.3. The zero-order chi connectivity index (χ0) is 24.0. The number of thioether (sulfide) groups is 1. The number of anilines is 1. The lowest BCUT2D eigenvalue weighted by Gasteiger charge is -2.36. The molecular formula is C25H29NO7S. The number of hydrogen-bond acceptors (Lipinski definition) is 8. The molecule has 1 amide bonds. The van der Waals surface area contributed by atoms with Gasteiger partial charge in [-0.1, -0.05) is 12.1 Å². The Morgan fingerprint density at radius 2 is 1.68 bits per heavy atom. The smallest absolute Gasteiger partial charge is 0.344 e. The maximum absolute atomic E-state index is 12.9. The van der Waals surface area contributed by atoms with E-state index in [-0.39, 0.29) is 25.7 Å². The van der Waals surface area contributed by atoms with Crippen molar-refractivity contribution in [3.8, 4) is 11.5 Å². The number of carbonyl (C=O) groups excluding carboxylic acids is 2. The number of hydrogen-bond donors (Lipinski definition) is 1. The van der Waals surface area contributed by atoms with Crippen LogP contribution < -0.4 is 14.8 Å². The van der Waals surface area contributed by atoms with Gasteiger partial charge >= 0.3 is 5.97 Å². The normalized spacial score (nSPS) is 22.4. The molecular weight excluding hydrogens is 458 g/mol. The molecule has 0 unspecified atom stereocenters. The standard InChI is InChI=1S/C25H29NO7S/c1-3-29-22(27)12-30-19-10-6-18(7-11-19)26-24(28)25(2)15-31-23(32-16-25)17-4-8-20(9-5-17)33-21-13-34-14-21/h4-11,21,23H,3,12-16H2,1-2H3,(H,26,28). The van der Waals surface area contributed by atoms with Crippen molar-refractivity contribution in [1.82, 2.24) is 0 Å². The molecule has 0 radical (unpaired) electrons. The Hall–Kier alpha value is -2.75. The second-order valence-electron chi connectivity index (χ2n) is 8.43. The Labute approximate surface area is 203 Å². The predicted molar refractivity (Wildman–Crippen MR) is 128 cm³/mol. The Bertz CT molecular complexity index is 968. The SMILES string of the molecule is CCOC(=O)COc1ccc(NC(=O)C2(C)COC(c3ccc(OC4CSC4)cc3)OC2)cc1. The van der Waals surface area contributed by atoms with Crippen LogP contribution in [0.4, 0.5) is 5.69 Å². The molecule has 0 saturated carbocycles. The van der Waals surface area contributed by atoms with Crippen LogP contribution in [0.15, 0.2) is 48.5 Å². The van der Waals surface area contributed by atoms with Gasteiger partial charge in [0.2, 0.25) is 5.91 Å². The van der Waals surface area contributed by atoms with E-state index < -0.39 is 17.7 Å². The van der Waals surface area contributed by atoms with Crippen molar-refractivity contribution in [2.24, 2.45) is 5.41 Å². The van der Waals surface area contributed by atoms with Crippen molar-refractivity contribution >= 4 is 29.3 Å². The van der Waals surface area contributed by atoms with Crippen LogP contribution in [-0.4, -0.2) is 55.9 Å². The molecule has 4 rings (SSSR count). The van der Waals surface area contributed by atoms with Gasteiger partial charge in [-0.25, -0.2) is 4.79 Å². The summed E-state index contributed by atoms with van der Waals surface area (Å²) in [5.41, 5.74) is 0.661. The van der Waals surface area contributed by atoms with Crippen molar-refractivity contribution in [3.63, 3.8) is 0 Å². The van der Waals surface area contributed by atoms with E-state index in [1.54, 1.807) is 31.2 Å². The topological polar surface area (TPSA) is 92.3 Å². The zero-order valence-corrected chi connectivity index (χ0v) is 20.1. The average Bonchev–Trinajstić information content (AvgIpc) is 2.82. The highest BCUT2D eigenvalue weighted by Crippen LogP contribution is 2.34. The monoisotopic (exact) mass is 487 g/mol. The molecule has 0 aromatic heterocycles. The molecule has 0 spiro atoms. The molecule has 0 bridgehead atoms. The first-order chi connectivity index (χ1) is 16.4. The summed E-state index contributed by atoms with van der Waals surface area (Å²) in [5, 5.41) is 2.89. The van der Waals surface area contributed by atoms with E-state index in [0.717, 1.165) is 22.8 Å². The molecule has 2 fully saturated rings. The molecule has 2 saturated heterocycles. The molecule has 0 aliphatic carbocycles. The van der Waals surface area contributed by atoms with E-state index in [2.05, 4.69) is 5.32 Å². The molecule has 182 valence electrons. The quantitative estimate of drug-likeness (QED) is 0.534. The van der Waals surface area contributed by atoms with Crippen molar-refractivity contribution < 1.29 is 33.3 Å². The lowest BCUT2D eigenvalue weighted by Crippen LogP contribution is -2.45. The lowest BCUT2D eigenvalue weighted by molar-refractivity contribution is -0.226. The van der Waals surface area contributed by atoms with Gasteiger partial charge in [-0.15, -0.1) is 0 Å². The van der Waals surface area contributed by atoms with Gasteiger partial charge in [-0.2, -0.15) is 11.8 Å². The van der Waals surface area contributed by atoms with E-state index in [0.29, 0.717) is 24.1 Å². The number of rotatable bonds is 9. The van der Waals surface area contributed by atoms with E-state index in [1.807, 2.05) is 43.0 Å². The van der Waals surface area contributed by atoms with Crippen molar-refractivity contribution in [3.05, 3.63) is 54.1 Å². The van der Waals surface area contributed by atoms with Gasteiger partial charge in [0.05, 0.1) is 25.2 Å². The number of amides is 1. The third-order valence-corrected chi connectivity index (χ3v) is 6.71. The second kappa shape index (κ2) is 11.1. The van der Waals surface area contributed by atoms with Crippen LogP contribution >= 0.6 is 11.8 Å². The highest BCUT2D eigenvalue weighted by atomic mass is 32.2. The van der Waals surface area contributed by atoms with Gasteiger partial charge < -0.3 is 29.0 Å². The van der Waals surface area contributed by atoms with Gasteiger partial charge in [0.1, 0.15) is 17.6 Å². The van der Waals surface area contributed by atoms with Crippen LogP contribution in [0.25, 0.3) is 0 Å². The minimum atomic E-state index is -0.833. The molecule has 2 aromatic rings. The summed E-state index contributed by atoms with van der Waals surface area (Å²) < 4.78 is 27.9. The van der Waals surface area contributed by atoms with Crippen LogP contribution in [0.2, 0.25) is 0 Å². The molecule has 34 heavy (non-hydrogen) atoms. The molecule has 1 N–H and O–H groups in total. The highest BCUT2D eigenvalue weighted by molar-refractivity contribution is 8.00. The lowest BCUT2D eigenvalue weighted by atomic mass is 9.90. The first kappa shape index (κ1) is 24.4. The minimum Gasteiger partial charge on any atom is -0.489 e. The van der Waals surface area contributed by atoms with Gasteiger partial charge in [-0.05, 0) is 50.2 Å². The summed E-state index contributed by atoms with van der Waals surface area (Å²) in [7, 11) is 0. The maximum atomic E-state index is 12.9. The van der Waals surface area contributed by atoms with Gasteiger partial charge in [-0.3, -0.25) is 4.79 Å². The van der Waals surface area contributed by atoms with Crippen LogP contribution in [0.3, 0.4) is 0 Å². The molecule has 2 aliphatic heterocycles. The van der Waals surface area contributed by atoms with Crippen molar-refractivity contribution in [2.75, 3.05) is 43.3 Å². The Balaban J connectivity index is 1.25. The fraction of sp³-hybridized carbons (Fsp3) is 0.440. The molecule has 8 nitrogen and oxygen atoms in total. The Morgan fingerprint density at radius 1 is 1.03 bits per heavy atom. The number of nitrogens with one attached hydrogen (secondary N) is 1. The van der Waals surface area contributed by atoms with E-state index in [1.165, 1.54) is 0 Å². The fourth-order valence-corrected chi connectivity index (χ4v) is 3.94. The first-order valence-corrected chi connectivity index (χ1v) is 12.4. The fourth-order valence-electron chi connectivity index (χ4n) is 3.37. The van der Waals surface area contributed by atoms with Crippen molar-refractivity contribution in [2.45, 2.75) is 26.2 Å². The number of benzene rings is 2. The Kier molecular flexibility index (Phi) is 7.97. The molecule has 0 atom stereocenters. The zero-order valence-electron chi connectivity index (χ0n) is 19.3. The molecule has 2 aromatic carbocycles. The first-order valence-electron chi connectivity index (χ1n) is 11.2. The summed E-state index contributed by atoms with van der Waals surface area (Å²) in [6.07, 6.45) is -0.226. The van der Waals surface area contributed by atoms with Crippen molar-refractivity contribution in [1.29, 1.82) is 0 Å². The number of carbonyl (C=O) groups is 2. The predicted octanol–water partition coefficient (Wildman–Crippen LogP) is 3.81. The van der Waals surface area contributed by atoms with Gasteiger partial charge in [0.15, 0.2) is 12.9 Å². The van der Waals surface area contributed by atoms with Gasteiger partial charge in [0.25, 0.3) is 0 Å². The third kappa shape index (κ3) is 6.22. The number of esters is 1. The molecule has 2 aliphatic rings. The van der Waals surface area contributed by atoms with Crippen LogP contribution in [0.1, 0.15) is 25.7 Å². The van der Waals surface area contributed by atoms with Crippen LogP contribution in [0, 0.1) is 5.41 Å². The van der Waals surface area contributed by atoms with Crippen LogP contribution in [0.5, 0.6) is 11.5 Å². The van der Waals surface area contributed by atoms with E-state index in [9.17, 15) is 9.59 Å². The van der Waals surface area contributed by atoms with E-state index in [4.69, 9.17) is 23.7 Å². The minimum absolute atomic E-state index is 0.164. The van der Waals surface area contributed by atoms with E-state index >= 15 is 0 Å². The second-order valence-corrected chi connectivity index (χ2v) is 9.51. The van der Waals surface area contributed by atoms with Gasteiger partial charge in [0, 0.05) is 22.8 Å². The summed E-state index contributed by atoms with van der Waals surface area (Å²) >= 11 is 1.88. The highest BCUT2D eigenvalue weighted by Gasteiger charge is 2.40. The Morgan fingerprint density at radius 3 is 2.26 bits per heavy atom. The summed E-state index contributed by atoms with van der Waals surface area (Å²) in [6, 6.07) is 14.5. The molecule has 9 heteroatoms. The van der Waals surface area contributed by atoms with Crippen LogP contribution in [-0.2, 0) is 23.8 Å². The molecule has 2 heterocycles. The summed E-state index contributed by atoms with van der Waals surface area (Å²) in [5.74, 6) is 2.78. The largest absolute Gasteiger partial charge is 0.489 e. The third-order valence-electron chi connectivity index (χ3n) is 5.49. The maximum Gasteiger partial charge on any atom is 0.344 e. The number of ether oxygens (including phenoxy) is 5.